The molecule has 1 heterocycles. The highest BCUT2D eigenvalue weighted by molar-refractivity contribution is 7.92. The average Bonchev–Trinajstić information content (AvgIpc) is 2.66. The van der Waals surface area contributed by atoms with Gasteiger partial charge in [0.1, 0.15) is 5.75 Å². The van der Waals surface area contributed by atoms with Crippen molar-refractivity contribution in [1.29, 1.82) is 5.26 Å². The van der Waals surface area contributed by atoms with Gasteiger partial charge >= 0.3 is 0 Å². The van der Waals surface area contributed by atoms with Gasteiger partial charge in [0.2, 0.25) is 11.8 Å². The number of hydrogen-bond donors (Lipinski definition) is 1. The van der Waals surface area contributed by atoms with Crippen LogP contribution in [-0.2, 0) is 25.8 Å². The minimum Gasteiger partial charge on any atom is -0.358 e. The highest BCUT2D eigenvalue weighted by atomic mass is 32.2. The summed E-state index contributed by atoms with van der Waals surface area (Å²) in [7, 11) is -2.07. The number of nitrogens with zero attached hydrogens (tertiary/aromatic N) is 2. The zero-order chi connectivity index (χ0) is 19.2. The van der Waals surface area contributed by atoms with Gasteiger partial charge in [0.15, 0.2) is 9.84 Å². The lowest BCUT2D eigenvalue weighted by Crippen LogP contribution is -2.44. The first-order chi connectivity index (χ1) is 12.4. The molecule has 2 amide bonds. The van der Waals surface area contributed by atoms with E-state index in [0.29, 0.717) is 44.3 Å². The molecule has 26 heavy (non-hydrogen) atoms. The van der Waals surface area contributed by atoms with Gasteiger partial charge in [-0.2, -0.15) is 5.26 Å². The third-order valence-corrected chi connectivity index (χ3v) is 6.78. The second kappa shape index (κ2) is 8.81. The van der Waals surface area contributed by atoms with E-state index in [1.807, 2.05) is 12.1 Å². The summed E-state index contributed by atoms with van der Waals surface area (Å²) in [6, 6.07) is 9.18. The second-order valence-electron chi connectivity index (χ2n) is 6.37. The lowest BCUT2D eigenvalue weighted by Gasteiger charge is -2.31. The van der Waals surface area contributed by atoms with Crippen LogP contribution in [0.15, 0.2) is 24.3 Å². The maximum absolute atomic E-state index is 12.3. The molecule has 1 aromatic rings. The fraction of sp³-hybridized carbons (Fsp3) is 0.500. The Hall–Kier alpha value is -2.40. The van der Waals surface area contributed by atoms with Gasteiger partial charge in [-0.1, -0.05) is 12.1 Å². The number of amides is 2. The smallest absolute Gasteiger partial charge is 0.234 e. The molecule has 0 spiro atoms. The minimum absolute atomic E-state index is 0.00323. The Morgan fingerprint density at radius 3 is 2.38 bits per heavy atom. The summed E-state index contributed by atoms with van der Waals surface area (Å²) in [5.41, 5.74) is 1.57. The molecule has 1 N–H and O–H groups in total. The molecule has 140 valence electrons. The van der Waals surface area contributed by atoms with E-state index in [1.165, 1.54) is 7.05 Å². The molecular weight excluding hydrogens is 354 g/mol. The van der Waals surface area contributed by atoms with Crippen LogP contribution >= 0.6 is 0 Å². The van der Waals surface area contributed by atoms with Crippen molar-refractivity contribution >= 4 is 21.7 Å². The van der Waals surface area contributed by atoms with Gasteiger partial charge in [0.25, 0.3) is 0 Å². The summed E-state index contributed by atoms with van der Waals surface area (Å²) in [6.45, 7) is 0.785. The van der Waals surface area contributed by atoms with Crippen LogP contribution in [0.4, 0.5) is 0 Å². The molecule has 0 aromatic heterocycles. The molecule has 1 aliphatic rings. The zero-order valence-electron chi connectivity index (χ0n) is 14.8. The number of aryl methyl sites for hydroxylation is 1. The van der Waals surface area contributed by atoms with Crippen LogP contribution < -0.4 is 5.32 Å². The molecule has 1 aliphatic heterocycles. The Bertz CT molecular complexity index is 789. The number of rotatable bonds is 6. The first kappa shape index (κ1) is 19.9. The van der Waals surface area contributed by atoms with Crippen molar-refractivity contribution in [1.82, 2.24) is 10.2 Å². The fourth-order valence-electron chi connectivity index (χ4n) is 2.99. The van der Waals surface area contributed by atoms with Gasteiger partial charge in [-0.15, -0.1) is 0 Å². The molecule has 2 rings (SSSR count). The van der Waals surface area contributed by atoms with E-state index in [9.17, 15) is 18.0 Å². The molecule has 1 saturated heterocycles. The van der Waals surface area contributed by atoms with Gasteiger partial charge in [0.05, 0.1) is 16.9 Å². The molecular formula is C18H23N3O4S. The Morgan fingerprint density at radius 2 is 1.85 bits per heavy atom. The van der Waals surface area contributed by atoms with Crippen molar-refractivity contribution in [3.05, 3.63) is 35.4 Å². The predicted octanol–water partition coefficient (Wildman–Crippen LogP) is 0.643. The fourth-order valence-corrected chi connectivity index (χ4v) is 4.67. The van der Waals surface area contributed by atoms with Crippen LogP contribution in [0.3, 0.4) is 0 Å². The van der Waals surface area contributed by atoms with Crippen molar-refractivity contribution in [3.63, 3.8) is 0 Å². The van der Waals surface area contributed by atoms with Crippen molar-refractivity contribution in [2.45, 2.75) is 30.9 Å². The van der Waals surface area contributed by atoms with Gasteiger partial charge in [-0.3, -0.25) is 9.59 Å². The number of nitrogens with one attached hydrogen (secondary N) is 1. The quantitative estimate of drug-likeness (QED) is 0.783. The summed E-state index contributed by atoms with van der Waals surface area (Å²) in [6.07, 6.45) is 1.66. The molecule has 1 fully saturated rings. The number of sulfone groups is 1. The first-order valence-electron chi connectivity index (χ1n) is 8.54. The van der Waals surface area contributed by atoms with E-state index in [1.54, 1.807) is 17.0 Å². The Kier molecular flexibility index (Phi) is 6.75. The van der Waals surface area contributed by atoms with Crippen LogP contribution in [0.1, 0.15) is 30.4 Å². The monoisotopic (exact) mass is 377 g/mol. The molecule has 0 bridgehead atoms. The van der Waals surface area contributed by atoms with Crippen LogP contribution in [0.5, 0.6) is 0 Å². The Balaban J connectivity index is 1.82. The number of hydrogen-bond acceptors (Lipinski definition) is 5. The van der Waals surface area contributed by atoms with E-state index < -0.39 is 26.7 Å². The largest absolute Gasteiger partial charge is 0.358 e. The van der Waals surface area contributed by atoms with E-state index in [-0.39, 0.29) is 5.91 Å². The van der Waals surface area contributed by atoms with Gasteiger partial charge in [0, 0.05) is 26.6 Å². The number of nitriles is 1. The van der Waals surface area contributed by atoms with Crippen LogP contribution in [0.2, 0.25) is 0 Å². The molecule has 0 unspecified atom stereocenters. The lowest BCUT2D eigenvalue weighted by atomic mass is 10.1. The summed E-state index contributed by atoms with van der Waals surface area (Å²) < 4.78 is 24.4. The average molecular weight is 377 g/mol. The zero-order valence-corrected chi connectivity index (χ0v) is 15.6. The molecule has 8 heteroatoms. The second-order valence-corrected chi connectivity index (χ2v) is 8.65. The standard InChI is InChI=1S/C18H23N3O4S/c1-20-17(22)13-26(24,25)16-8-10-21(11-9-16)18(23)7-6-14-2-4-15(12-19)5-3-14/h2-5,16H,6-11,13H2,1H3,(H,20,22). The molecule has 7 nitrogen and oxygen atoms in total. The van der Waals surface area contributed by atoms with E-state index >= 15 is 0 Å². The highest BCUT2D eigenvalue weighted by Crippen LogP contribution is 2.19. The Labute approximate surface area is 153 Å². The van der Waals surface area contributed by atoms with Crippen molar-refractivity contribution in [3.8, 4) is 6.07 Å². The van der Waals surface area contributed by atoms with Gasteiger partial charge in [-0.05, 0) is 37.0 Å². The van der Waals surface area contributed by atoms with Gasteiger partial charge < -0.3 is 10.2 Å². The molecule has 0 aliphatic carbocycles. The molecule has 0 radical (unpaired) electrons. The molecule has 0 saturated carbocycles. The number of piperidine rings is 1. The Morgan fingerprint density at radius 1 is 1.23 bits per heavy atom. The topological polar surface area (TPSA) is 107 Å². The van der Waals surface area contributed by atoms with E-state index in [2.05, 4.69) is 11.4 Å². The number of carbonyl (C=O) groups excluding carboxylic acids is 2. The molecule has 1 aromatic carbocycles. The predicted molar refractivity (Wildman–Crippen MR) is 96.9 cm³/mol. The number of benzene rings is 1. The van der Waals surface area contributed by atoms with Crippen molar-refractivity contribution in [2.24, 2.45) is 0 Å². The third kappa shape index (κ3) is 5.30. The third-order valence-electron chi connectivity index (χ3n) is 4.62. The van der Waals surface area contributed by atoms with Gasteiger partial charge in [-0.25, -0.2) is 8.42 Å². The normalized spacial score (nSPS) is 15.3. The van der Waals surface area contributed by atoms with Crippen LogP contribution in [0.25, 0.3) is 0 Å². The summed E-state index contributed by atoms with van der Waals surface area (Å²) in [5, 5.41) is 10.5. The van der Waals surface area contributed by atoms with E-state index in [0.717, 1.165) is 5.56 Å². The van der Waals surface area contributed by atoms with Crippen LogP contribution in [0, 0.1) is 11.3 Å². The van der Waals surface area contributed by atoms with E-state index in [4.69, 9.17) is 5.26 Å². The first-order valence-corrected chi connectivity index (χ1v) is 10.3. The number of carbonyl (C=O) groups is 2. The lowest BCUT2D eigenvalue weighted by molar-refractivity contribution is -0.132. The summed E-state index contributed by atoms with van der Waals surface area (Å²) >= 11 is 0. The maximum atomic E-state index is 12.3. The SMILES string of the molecule is CNC(=O)CS(=O)(=O)C1CCN(C(=O)CCc2ccc(C#N)cc2)CC1. The summed E-state index contributed by atoms with van der Waals surface area (Å²) in [5.74, 6) is -1.01. The maximum Gasteiger partial charge on any atom is 0.234 e. The van der Waals surface area contributed by atoms with Crippen molar-refractivity contribution in [2.75, 3.05) is 25.9 Å². The minimum atomic E-state index is -3.48. The number of likely N-dealkylation sites (tertiary alicyclic amines) is 1. The van der Waals surface area contributed by atoms with Crippen LogP contribution in [-0.4, -0.2) is 56.3 Å². The van der Waals surface area contributed by atoms with Crippen molar-refractivity contribution < 1.29 is 18.0 Å². The summed E-state index contributed by atoms with van der Waals surface area (Å²) in [4.78, 5) is 25.4. The highest BCUT2D eigenvalue weighted by Gasteiger charge is 2.32. The molecule has 0 atom stereocenters.